The largest absolute Gasteiger partial charge is 0.269 e. The van der Waals surface area contributed by atoms with Crippen LogP contribution in [0.25, 0.3) is 11.3 Å². The van der Waals surface area contributed by atoms with Gasteiger partial charge < -0.3 is 0 Å². The number of aromatic nitrogens is 4. The topological polar surface area (TPSA) is 73.0 Å². The van der Waals surface area contributed by atoms with Crippen molar-refractivity contribution in [2.45, 2.75) is 6.04 Å². The van der Waals surface area contributed by atoms with Crippen LogP contribution in [0, 0.1) is 0 Å². The highest BCUT2D eigenvalue weighted by Gasteiger charge is 2.14. The second-order valence-corrected chi connectivity index (χ2v) is 4.76. The van der Waals surface area contributed by atoms with Crippen molar-refractivity contribution in [3.8, 4) is 11.3 Å². The lowest BCUT2D eigenvalue weighted by atomic mass is 10.2. The third-order valence-electron chi connectivity index (χ3n) is 2.69. The molecule has 1 atom stereocenters. The maximum atomic E-state index is 11.0. The number of rotatable bonds is 2. The van der Waals surface area contributed by atoms with Crippen LogP contribution in [-0.4, -0.2) is 31.9 Å². The van der Waals surface area contributed by atoms with Gasteiger partial charge in [0.1, 0.15) is 6.04 Å². The number of nitrogens with zero attached hydrogens (tertiary/aromatic N) is 5. The number of allylic oxidation sites excluding steroid dienone is 1. The van der Waals surface area contributed by atoms with E-state index in [1.165, 1.54) is 18.5 Å². The Balaban J connectivity index is 1.94. The molecule has 0 N–H and O–H groups in total. The number of aliphatic imine (C=N–C) groups is 1. The summed E-state index contributed by atoms with van der Waals surface area (Å²) < 4.78 is 1.65. The highest BCUT2D eigenvalue weighted by molar-refractivity contribution is 6.33. The Kier molecular flexibility index (Phi) is 3.33. The smallest absolute Gasteiger partial charge is 0.268 e. The third kappa shape index (κ3) is 2.48. The first-order valence-corrected chi connectivity index (χ1v) is 6.38. The molecular formula is C12H7Cl2N5O. The summed E-state index contributed by atoms with van der Waals surface area (Å²) in [6.45, 7) is 0. The minimum absolute atomic E-state index is 0.113. The van der Waals surface area contributed by atoms with Crippen LogP contribution in [0.4, 0.5) is 0 Å². The fourth-order valence-electron chi connectivity index (χ4n) is 1.75. The van der Waals surface area contributed by atoms with E-state index in [2.05, 4.69) is 20.1 Å². The first-order valence-electron chi connectivity index (χ1n) is 5.62. The Hall–Kier alpha value is -2.05. The SMILES string of the molecule is O=C1C=CC(n2cc(-c3nc(Cl)ncc3Cl)cn2)C=N1. The van der Waals surface area contributed by atoms with Crippen LogP contribution in [-0.2, 0) is 4.79 Å². The summed E-state index contributed by atoms with van der Waals surface area (Å²) in [5, 5.41) is 4.71. The summed E-state index contributed by atoms with van der Waals surface area (Å²) in [5.74, 6) is -0.278. The van der Waals surface area contributed by atoms with Crippen molar-refractivity contribution in [3.63, 3.8) is 0 Å². The van der Waals surface area contributed by atoms with Gasteiger partial charge in [0.05, 0.1) is 23.1 Å². The van der Waals surface area contributed by atoms with Gasteiger partial charge in [-0.15, -0.1) is 0 Å². The van der Waals surface area contributed by atoms with Gasteiger partial charge in [-0.25, -0.2) is 15.0 Å². The number of hydrogen-bond acceptors (Lipinski definition) is 4. The van der Waals surface area contributed by atoms with Crippen LogP contribution < -0.4 is 0 Å². The molecule has 1 amide bonds. The second-order valence-electron chi connectivity index (χ2n) is 4.01. The quantitative estimate of drug-likeness (QED) is 0.798. The van der Waals surface area contributed by atoms with Crippen molar-refractivity contribution in [2.24, 2.45) is 4.99 Å². The molecule has 100 valence electrons. The van der Waals surface area contributed by atoms with Crippen LogP contribution in [0.15, 0.2) is 35.7 Å². The van der Waals surface area contributed by atoms with Crippen LogP contribution in [0.1, 0.15) is 6.04 Å². The van der Waals surface area contributed by atoms with Gasteiger partial charge in [-0.05, 0) is 17.7 Å². The van der Waals surface area contributed by atoms with Gasteiger partial charge in [0.2, 0.25) is 5.28 Å². The summed E-state index contributed by atoms with van der Waals surface area (Å²) in [4.78, 5) is 22.6. The molecule has 0 fully saturated rings. The maximum absolute atomic E-state index is 11.0. The summed E-state index contributed by atoms with van der Waals surface area (Å²) in [6, 6.07) is -0.211. The fraction of sp³-hybridized carbons (Fsp3) is 0.0833. The summed E-state index contributed by atoms with van der Waals surface area (Å²) in [6.07, 6.45) is 9.43. The molecule has 0 aromatic carbocycles. The van der Waals surface area contributed by atoms with Crippen LogP contribution in [0.2, 0.25) is 10.3 Å². The van der Waals surface area contributed by atoms with Crippen molar-refractivity contribution in [1.29, 1.82) is 0 Å². The van der Waals surface area contributed by atoms with Crippen molar-refractivity contribution in [1.82, 2.24) is 19.7 Å². The Morgan fingerprint density at radius 2 is 2.10 bits per heavy atom. The van der Waals surface area contributed by atoms with E-state index in [1.807, 2.05) is 0 Å². The number of halogens is 2. The van der Waals surface area contributed by atoms with Crippen LogP contribution in [0.3, 0.4) is 0 Å². The third-order valence-corrected chi connectivity index (χ3v) is 3.14. The van der Waals surface area contributed by atoms with Gasteiger partial charge in [0.25, 0.3) is 5.91 Å². The minimum atomic E-state index is -0.278. The molecule has 0 aliphatic carbocycles. The summed E-state index contributed by atoms with van der Waals surface area (Å²) in [7, 11) is 0. The molecule has 0 bridgehead atoms. The molecular weight excluding hydrogens is 301 g/mol. The van der Waals surface area contributed by atoms with Crippen LogP contribution in [0.5, 0.6) is 0 Å². The molecule has 0 radical (unpaired) electrons. The molecule has 1 unspecified atom stereocenters. The fourth-order valence-corrected chi connectivity index (χ4v) is 2.08. The Bertz CT molecular complexity index is 721. The number of carbonyl (C=O) groups excluding carboxylic acids is 1. The lowest BCUT2D eigenvalue weighted by molar-refractivity contribution is -0.113. The minimum Gasteiger partial charge on any atom is -0.268 e. The maximum Gasteiger partial charge on any atom is 0.269 e. The van der Waals surface area contributed by atoms with Gasteiger partial charge >= 0.3 is 0 Å². The zero-order chi connectivity index (χ0) is 14.1. The van der Waals surface area contributed by atoms with Gasteiger partial charge in [0.15, 0.2) is 0 Å². The van der Waals surface area contributed by atoms with Gasteiger partial charge in [0, 0.05) is 24.1 Å². The molecule has 0 spiro atoms. The molecule has 3 rings (SSSR count). The number of carbonyl (C=O) groups is 1. The van der Waals surface area contributed by atoms with E-state index in [1.54, 1.807) is 23.2 Å². The monoisotopic (exact) mass is 307 g/mol. The first-order chi connectivity index (χ1) is 9.63. The Labute approximate surface area is 123 Å². The molecule has 6 nitrogen and oxygen atoms in total. The zero-order valence-electron chi connectivity index (χ0n) is 9.94. The predicted molar refractivity (Wildman–Crippen MR) is 74.9 cm³/mol. The normalized spacial score (nSPS) is 17.7. The van der Waals surface area contributed by atoms with E-state index in [0.29, 0.717) is 16.3 Å². The lowest BCUT2D eigenvalue weighted by Gasteiger charge is -2.09. The molecule has 2 aromatic rings. The van der Waals surface area contributed by atoms with E-state index in [9.17, 15) is 4.79 Å². The van der Waals surface area contributed by atoms with Gasteiger partial charge in [-0.1, -0.05) is 11.6 Å². The average Bonchev–Trinajstić information content (AvgIpc) is 2.92. The molecule has 0 saturated heterocycles. The number of dihydropyridines is 1. The second kappa shape index (κ2) is 5.15. The molecule has 1 aliphatic rings. The molecule has 0 saturated carbocycles. The van der Waals surface area contributed by atoms with Gasteiger partial charge in [-0.2, -0.15) is 5.10 Å². The molecule has 8 heteroatoms. The van der Waals surface area contributed by atoms with E-state index < -0.39 is 0 Å². The predicted octanol–water partition coefficient (Wildman–Crippen LogP) is 2.36. The lowest BCUT2D eigenvalue weighted by Crippen LogP contribution is -2.12. The first kappa shape index (κ1) is 13.0. The van der Waals surface area contributed by atoms with E-state index in [-0.39, 0.29) is 17.2 Å². The van der Waals surface area contributed by atoms with Crippen molar-refractivity contribution in [3.05, 3.63) is 41.0 Å². The number of hydrogen-bond donors (Lipinski definition) is 0. The standard InChI is InChI=1S/C12H7Cl2N5O/c13-9-5-16-12(14)18-11(9)7-3-17-19(6-7)8-1-2-10(20)15-4-8/h1-6,8H. The van der Waals surface area contributed by atoms with Crippen LogP contribution >= 0.6 is 23.2 Å². The van der Waals surface area contributed by atoms with Crippen molar-refractivity contribution in [2.75, 3.05) is 0 Å². The van der Waals surface area contributed by atoms with E-state index in [4.69, 9.17) is 23.2 Å². The summed E-state index contributed by atoms with van der Waals surface area (Å²) in [5.41, 5.74) is 1.21. The summed E-state index contributed by atoms with van der Waals surface area (Å²) >= 11 is 11.8. The molecule has 20 heavy (non-hydrogen) atoms. The van der Waals surface area contributed by atoms with Crippen molar-refractivity contribution >= 4 is 35.3 Å². The highest BCUT2D eigenvalue weighted by Crippen LogP contribution is 2.26. The van der Waals surface area contributed by atoms with Crippen molar-refractivity contribution < 1.29 is 4.79 Å². The zero-order valence-corrected chi connectivity index (χ0v) is 11.5. The van der Waals surface area contributed by atoms with E-state index in [0.717, 1.165) is 0 Å². The molecule has 2 aromatic heterocycles. The Morgan fingerprint density at radius 3 is 2.85 bits per heavy atom. The number of amides is 1. The molecule has 1 aliphatic heterocycles. The average molecular weight is 308 g/mol. The van der Waals surface area contributed by atoms with Gasteiger partial charge in [-0.3, -0.25) is 9.48 Å². The Morgan fingerprint density at radius 1 is 1.25 bits per heavy atom. The molecule has 3 heterocycles. The van der Waals surface area contributed by atoms with E-state index >= 15 is 0 Å². The highest BCUT2D eigenvalue weighted by atomic mass is 35.5.